The Hall–Kier alpha value is -3.35. The van der Waals surface area contributed by atoms with E-state index in [1.165, 1.54) is 13.1 Å². The Bertz CT molecular complexity index is 1150. The molecular weight excluding hydrogens is 390 g/mol. The van der Waals surface area contributed by atoms with Crippen LogP contribution >= 0.6 is 0 Å². The summed E-state index contributed by atoms with van der Waals surface area (Å²) in [5, 5.41) is 10.8. The first-order valence-electron chi connectivity index (χ1n) is 10.6. The van der Waals surface area contributed by atoms with Crippen molar-refractivity contribution in [2.75, 3.05) is 10.6 Å². The van der Waals surface area contributed by atoms with Crippen LogP contribution in [0.2, 0.25) is 0 Å². The predicted molar refractivity (Wildman–Crippen MR) is 123 cm³/mol. The van der Waals surface area contributed by atoms with Crippen LogP contribution in [0.15, 0.2) is 42.7 Å². The van der Waals surface area contributed by atoms with Crippen molar-refractivity contribution < 1.29 is 9.59 Å². The summed E-state index contributed by atoms with van der Waals surface area (Å²) in [6.45, 7) is 8.30. The van der Waals surface area contributed by atoms with Gasteiger partial charge < -0.3 is 16.4 Å². The summed E-state index contributed by atoms with van der Waals surface area (Å²) < 4.78 is 1.78. The van der Waals surface area contributed by atoms with Crippen molar-refractivity contribution in [3.8, 4) is 11.1 Å². The zero-order valence-electron chi connectivity index (χ0n) is 18.4. The number of hydrogen-bond acceptors (Lipinski definition) is 4. The Balaban J connectivity index is 1.74. The zero-order valence-corrected chi connectivity index (χ0v) is 18.4. The predicted octanol–water partition coefficient (Wildman–Crippen LogP) is 4.30. The fourth-order valence-corrected chi connectivity index (χ4v) is 4.44. The summed E-state index contributed by atoms with van der Waals surface area (Å²) in [7, 11) is 0. The first kappa shape index (κ1) is 20.9. The maximum Gasteiger partial charge on any atom is 0.252 e. The number of benzene rings is 1. The minimum atomic E-state index is -0.497. The largest absolute Gasteiger partial charge is 0.379 e. The maximum atomic E-state index is 12.2. The van der Waals surface area contributed by atoms with Crippen LogP contribution in [0, 0.1) is 11.3 Å². The van der Waals surface area contributed by atoms with Gasteiger partial charge in [-0.05, 0) is 47.9 Å². The molecule has 0 spiro atoms. The Morgan fingerprint density at radius 3 is 2.45 bits per heavy atom. The number of hydrogen-bond donors (Lipinski definition) is 3. The maximum absolute atomic E-state index is 12.2. The van der Waals surface area contributed by atoms with Crippen LogP contribution in [0.3, 0.4) is 0 Å². The number of rotatable bonds is 5. The zero-order chi connectivity index (χ0) is 22.3. The van der Waals surface area contributed by atoms with E-state index in [1.807, 2.05) is 36.5 Å². The van der Waals surface area contributed by atoms with Crippen molar-refractivity contribution in [3.05, 3.63) is 48.3 Å². The molecule has 162 valence electrons. The number of nitrogens with two attached hydrogens (primary N) is 1. The summed E-state index contributed by atoms with van der Waals surface area (Å²) in [6, 6.07) is 9.88. The SMILES string of the molecule is CC(=O)Nc1ccc(-c2cc3c(N[C@@H]4CCC(C)C4(C)C)c(C(N)=O)cnn3c2)cc1. The van der Waals surface area contributed by atoms with Gasteiger partial charge in [-0.3, -0.25) is 9.59 Å². The third kappa shape index (κ3) is 3.87. The van der Waals surface area contributed by atoms with Crippen LogP contribution in [0.5, 0.6) is 0 Å². The van der Waals surface area contributed by atoms with Crippen molar-refractivity contribution in [2.24, 2.45) is 17.1 Å². The van der Waals surface area contributed by atoms with E-state index in [2.05, 4.69) is 36.5 Å². The Morgan fingerprint density at radius 1 is 1.16 bits per heavy atom. The molecule has 0 saturated heterocycles. The summed E-state index contributed by atoms with van der Waals surface area (Å²) in [6.07, 6.45) is 5.65. The first-order valence-corrected chi connectivity index (χ1v) is 10.6. The van der Waals surface area contributed by atoms with E-state index in [4.69, 9.17) is 5.73 Å². The topological polar surface area (TPSA) is 102 Å². The fourth-order valence-electron chi connectivity index (χ4n) is 4.44. The van der Waals surface area contributed by atoms with Crippen LogP contribution < -0.4 is 16.4 Å². The number of carbonyl (C=O) groups is 2. The minimum Gasteiger partial charge on any atom is -0.379 e. The number of aromatic nitrogens is 2. The number of amides is 2. The molecule has 4 rings (SSSR count). The molecule has 0 aliphatic heterocycles. The average Bonchev–Trinajstić information content (AvgIpc) is 3.24. The molecule has 2 atom stereocenters. The number of nitrogens with zero attached hydrogens (tertiary/aromatic N) is 2. The Kier molecular flexibility index (Phi) is 5.21. The van der Waals surface area contributed by atoms with Gasteiger partial charge in [-0.15, -0.1) is 0 Å². The second-order valence-electron chi connectivity index (χ2n) is 9.11. The fraction of sp³-hybridized carbons (Fsp3) is 0.375. The first-order chi connectivity index (χ1) is 14.7. The highest BCUT2D eigenvalue weighted by molar-refractivity contribution is 6.02. The smallest absolute Gasteiger partial charge is 0.252 e. The van der Waals surface area contributed by atoms with E-state index in [1.54, 1.807) is 4.52 Å². The molecule has 0 bridgehead atoms. The molecule has 1 unspecified atom stereocenters. The van der Waals surface area contributed by atoms with Crippen LogP contribution in [-0.2, 0) is 4.79 Å². The van der Waals surface area contributed by atoms with Crippen LogP contribution in [-0.4, -0.2) is 27.5 Å². The van der Waals surface area contributed by atoms with Crippen LogP contribution in [0.4, 0.5) is 11.4 Å². The molecule has 1 saturated carbocycles. The van der Waals surface area contributed by atoms with Crippen molar-refractivity contribution in [3.63, 3.8) is 0 Å². The summed E-state index contributed by atoms with van der Waals surface area (Å²) in [4.78, 5) is 23.4. The van der Waals surface area contributed by atoms with Gasteiger partial charge in [0, 0.05) is 30.4 Å². The van der Waals surface area contributed by atoms with Gasteiger partial charge >= 0.3 is 0 Å². The van der Waals surface area contributed by atoms with E-state index in [9.17, 15) is 9.59 Å². The summed E-state index contributed by atoms with van der Waals surface area (Å²) >= 11 is 0. The molecule has 2 aromatic heterocycles. The molecule has 2 heterocycles. The third-order valence-corrected chi connectivity index (χ3v) is 6.82. The minimum absolute atomic E-state index is 0.101. The average molecular weight is 420 g/mol. The van der Waals surface area contributed by atoms with Gasteiger partial charge in [-0.25, -0.2) is 4.52 Å². The van der Waals surface area contributed by atoms with Crippen molar-refractivity contribution >= 4 is 28.7 Å². The number of nitrogens with one attached hydrogen (secondary N) is 2. The van der Waals surface area contributed by atoms with Gasteiger partial charge in [0.15, 0.2) is 0 Å². The standard InChI is InChI=1S/C24H29N5O2/c1-14-5-10-21(24(14,3)4)28-22-19(23(25)31)12-26-29-13-17(11-20(22)29)16-6-8-18(9-7-16)27-15(2)30/h6-9,11-14,21,28H,5,10H2,1-4H3,(H2,25,31)(H,27,30)/t14?,21-/m1/s1. The second-order valence-corrected chi connectivity index (χ2v) is 9.11. The van der Waals surface area contributed by atoms with Crippen LogP contribution in [0.25, 0.3) is 16.6 Å². The molecule has 1 aromatic carbocycles. The van der Waals surface area contributed by atoms with Crippen molar-refractivity contribution in [1.29, 1.82) is 0 Å². The summed E-state index contributed by atoms with van der Waals surface area (Å²) in [5.74, 6) is -0.0153. The highest BCUT2D eigenvalue weighted by Gasteiger charge is 2.41. The highest BCUT2D eigenvalue weighted by atomic mass is 16.1. The molecular formula is C24H29N5O2. The lowest BCUT2D eigenvalue weighted by molar-refractivity contribution is -0.114. The van der Waals surface area contributed by atoms with E-state index < -0.39 is 5.91 Å². The quantitative estimate of drug-likeness (QED) is 0.574. The molecule has 2 amide bonds. The molecule has 0 radical (unpaired) electrons. The summed E-state index contributed by atoms with van der Waals surface area (Å²) in [5.41, 5.74) is 10.4. The normalized spacial score (nSPS) is 20.0. The molecule has 1 aliphatic rings. The lowest BCUT2D eigenvalue weighted by Crippen LogP contribution is -2.35. The molecule has 7 heteroatoms. The molecule has 31 heavy (non-hydrogen) atoms. The van der Waals surface area contributed by atoms with Gasteiger partial charge in [0.2, 0.25) is 5.91 Å². The van der Waals surface area contributed by atoms with Gasteiger partial charge in [0.05, 0.1) is 23.0 Å². The second kappa shape index (κ2) is 7.72. The number of carbonyl (C=O) groups excluding carboxylic acids is 2. The van der Waals surface area contributed by atoms with Gasteiger partial charge in [-0.1, -0.05) is 32.9 Å². The van der Waals surface area contributed by atoms with Crippen LogP contribution in [0.1, 0.15) is 50.9 Å². The molecule has 3 aromatic rings. The van der Waals surface area contributed by atoms with E-state index in [0.29, 0.717) is 11.5 Å². The Morgan fingerprint density at radius 2 is 1.87 bits per heavy atom. The van der Waals surface area contributed by atoms with Gasteiger partial charge in [-0.2, -0.15) is 5.10 Å². The van der Waals surface area contributed by atoms with Crippen molar-refractivity contribution in [1.82, 2.24) is 9.61 Å². The lowest BCUT2D eigenvalue weighted by Gasteiger charge is -2.33. The van der Waals surface area contributed by atoms with E-state index in [-0.39, 0.29) is 17.4 Å². The molecule has 1 aliphatic carbocycles. The number of primary amides is 1. The lowest BCUT2D eigenvalue weighted by atomic mass is 9.80. The third-order valence-electron chi connectivity index (χ3n) is 6.82. The van der Waals surface area contributed by atoms with Gasteiger partial charge in [0.1, 0.15) is 0 Å². The molecule has 1 fully saturated rings. The number of fused-ring (bicyclic) bond motifs is 1. The Labute approximate surface area is 182 Å². The highest BCUT2D eigenvalue weighted by Crippen LogP contribution is 2.44. The molecule has 7 nitrogen and oxygen atoms in total. The van der Waals surface area contributed by atoms with E-state index >= 15 is 0 Å². The molecule has 4 N–H and O–H groups in total. The van der Waals surface area contributed by atoms with E-state index in [0.717, 1.165) is 40.9 Å². The van der Waals surface area contributed by atoms with Gasteiger partial charge in [0.25, 0.3) is 5.91 Å². The number of anilines is 2. The monoisotopic (exact) mass is 419 g/mol. The van der Waals surface area contributed by atoms with Crippen molar-refractivity contribution in [2.45, 2.75) is 46.6 Å².